The Morgan fingerprint density at radius 3 is 2.77 bits per heavy atom. The van der Waals surface area contributed by atoms with Crippen molar-refractivity contribution >= 4 is 6.41 Å². The lowest BCUT2D eigenvalue weighted by molar-refractivity contribution is -0.123. The molecule has 0 aromatic heterocycles. The second kappa shape index (κ2) is 5.25. The number of carbonyl (C=O) groups excluding carboxylic acids is 1. The smallest absolute Gasteiger partial charge is 0.209 e. The molecule has 76 valence electrons. The Kier molecular flexibility index (Phi) is 4.26. The standard InChI is InChI=1S/C11H21NO/c1-3-6-11-10(4-2)7-5-8-12(11)9-13/h9-11H,3-8H2,1-2H3. The topological polar surface area (TPSA) is 20.3 Å². The molecule has 1 rings (SSSR count). The van der Waals surface area contributed by atoms with Crippen molar-refractivity contribution in [3.8, 4) is 0 Å². The minimum absolute atomic E-state index is 0.529. The van der Waals surface area contributed by atoms with E-state index in [0.717, 1.165) is 18.9 Å². The first kappa shape index (κ1) is 10.6. The molecule has 0 N–H and O–H groups in total. The Labute approximate surface area is 81.3 Å². The third-order valence-corrected chi connectivity index (χ3v) is 3.21. The van der Waals surface area contributed by atoms with E-state index in [2.05, 4.69) is 13.8 Å². The van der Waals surface area contributed by atoms with Crippen molar-refractivity contribution in [1.82, 2.24) is 4.90 Å². The molecule has 0 saturated carbocycles. The van der Waals surface area contributed by atoms with E-state index in [9.17, 15) is 4.79 Å². The molecule has 1 saturated heterocycles. The number of hydrogen-bond donors (Lipinski definition) is 0. The highest BCUT2D eigenvalue weighted by molar-refractivity contribution is 5.48. The number of rotatable bonds is 4. The molecule has 2 atom stereocenters. The molecule has 2 heteroatoms. The molecule has 1 fully saturated rings. The molecule has 1 heterocycles. The Morgan fingerprint density at radius 2 is 2.23 bits per heavy atom. The van der Waals surface area contributed by atoms with Crippen LogP contribution in [0.15, 0.2) is 0 Å². The van der Waals surface area contributed by atoms with Crippen LogP contribution in [0.25, 0.3) is 0 Å². The van der Waals surface area contributed by atoms with Crippen LogP contribution in [0.4, 0.5) is 0 Å². The van der Waals surface area contributed by atoms with Gasteiger partial charge in [-0.15, -0.1) is 0 Å². The molecule has 0 aromatic rings. The van der Waals surface area contributed by atoms with Crippen molar-refractivity contribution in [2.45, 2.75) is 52.0 Å². The Balaban J connectivity index is 2.58. The second-order valence-corrected chi connectivity index (χ2v) is 4.01. The summed E-state index contributed by atoms with van der Waals surface area (Å²) >= 11 is 0. The summed E-state index contributed by atoms with van der Waals surface area (Å²) in [6, 6.07) is 0.529. The molecule has 0 bridgehead atoms. The van der Waals surface area contributed by atoms with Gasteiger partial charge in [0.15, 0.2) is 0 Å². The highest BCUT2D eigenvalue weighted by atomic mass is 16.1. The lowest BCUT2D eigenvalue weighted by atomic mass is 9.85. The third-order valence-electron chi connectivity index (χ3n) is 3.21. The van der Waals surface area contributed by atoms with E-state index >= 15 is 0 Å². The van der Waals surface area contributed by atoms with E-state index in [-0.39, 0.29) is 0 Å². The van der Waals surface area contributed by atoms with Gasteiger partial charge in [-0.05, 0) is 25.2 Å². The zero-order valence-electron chi connectivity index (χ0n) is 8.83. The molecular weight excluding hydrogens is 162 g/mol. The fourth-order valence-corrected chi connectivity index (χ4v) is 2.47. The van der Waals surface area contributed by atoms with Gasteiger partial charge in [-0.1, -0.05) is 26.7 Å². The third kappa shape index (κ3) is 2.45. The van der Waals surface area contributed by atoms with Gasteiger partial charge in [-0.2, -0.15) is 0 Å². The normalized spacial score (nSPS) is 28.9. The largest absolute Gasteiger partial charge is 0.342 e. The minimum Gasteiger partial charge on any atom is -0.342 e. The zero-order chi connectivity index (χ0) is 9.68. The van der Waals surface area contributed by atoms with Gasteiger partial charge in [0, 0.05) is 12.6 Å². The highest BCUT2D eigenvalue weighted by Crippen LogP contribution is 2.27. The molecule has 2 nitrogen and oxygen atoms in total. The van der Waals surface area contributed by atoms with Crippen LogP contribution in [0.5, 0.6) is 0 Å². The summed E-state index contributed by atoms with van der Waals surface area (Å²) in [5.41, 5.74) is 0. The molecule has 2 unspecified atom stereocenters. The number of likely N-dealkylation sites (tertiary alicyclic amines) is 1. The van der Waals surface area contributed by atoms with Gasteiger partial charge in [0.25, 0.3) is 0 Å². The first-order valence-electron chi connectivity index (χ1n) is 5.54. The SMILES string of the molecule is CCCC1C(CC)CCCN1C=O. The van der Waals surface area contributed by atoms with Crippen LogP contribution in [-0.4, -0.2) is 23.9 Å². The van der Waals surface area contributed by atoms with Crippen LogP contribution in [-0.2, 0) is 4.79 Å². The average Bonchev–Trinajstić information content (AvgIpc) is 2.18. The molecule has 0 radical (unpaired) electrons. The van der Waals surface area contributed by atoms with E-state index in [1.54, 1.807) is 0 Å². The summed E-state index contributed by atoms with van der Waals surface area (Å²) in [6.45, 7) is 5.41. The van der Waals surface area contributed by atoms with Crippen molar-refractivity contribution in [3.05, 3.63) is 0 Å². The first-order chi connectivity index (χ1) is 6.33. The quantitative estimate of drug-likeness (QED) is 0.613. The summed E-state index contributed by atoms with van der Waals surface area (Å²) < 4.78 is 0. The molecule has 1 aliphatic rings. The Hall–Kier alpha value is -0.530. The van der Waals surface area contributed by atoms with Gasteiger partial charge in [-0.3, -0.25) is 4.79 Å². The van der Waals surface area contributed by atoms with Crippen LogP contribution >= 0.6 is 0 Å². The van der Waals surface area contributed by atoms with Crippen LogP contribution in [0.2, 0.25) is 0 Å². The molecule has 0 aromatic carbocycles. The molecule has 1 amide bonds. The maximum Gasteiger partial charge on any atom is 0.209 e. The van der Waals surface area contributed by atoms with Crippen LogP contribution in [0.1, 0.15) is 46.0 Å². The van der Waals surface area contributed by atoms with E-state index in [1.165, 1.54) is 32.1 Å². The van der Waals surface area contributed by atoms with Gasteiger partial charge in [0.05, 0.1) is 0 Å². The lowest BCUT2D eigenvalue weighted by Crippen LogP contribution is -2.44. The van der Waals surface area contributed by atoms with E-state index < -0.39 is 0 Å². The van der Waals surface area contributed by atoms with Gasteiger partial charge in [-0.25, -0.2) is 0 Å². The number of nitrogens with zero attached hydrogens (tertiary/aromatic N) is 1. The Morgan fingerprint density at radius 1 is 1.46 bits per heavy atom. The number of carbonyl (C=O) groups is 1. The van der Waals surface area contributed by atoms with E-state index in [4.69, 9.17) is 0 Å². The minimum atomic E-state index is 0.529. The van der Waals surface area contributed by atoms with Crippen LogP contribution < -0.4 is 0 Å². The van der Waals surface area contributed by atoms with Crippen molar-refractivity contribution in [1.29, 1.82) is 0 Å². The predicted molar refractivity (Wildman–Crippen MR) is 54.5 cm³/mol. The maximum atomic E-state index is 10.8. The fraction of sp³-hybridized carbons (Fsp3) is 0.909. The number of piperidine rings is 1. The van der Waals surface area contributed by atoms with Crippen LogP contribution in [0.3, 0.4) is 0 Å². The van der Waals surface area contributed by atoms with Crippen molar-refractivity contribution in [3.63, 3.8) is 0 Å². The highest BCUT2D eigenvalue weighted by Gasteiger charge is 2.28. The van der Waals surface area contributed by atoms with Crippen LogP contribution in [0, 0.1) is 5.92 Å². The number of hydrogen-bond acceptors (Lipinski definition) is 1. The Bertz CT molecular complexity index is 158. The molecule has 13 heavy (non-hydrogen) atoms. The van der Waals surface area contributed by atoms with Crippen molar-refractivity contribution in [2.24, 2.45) is 5.92 Å². The summed E-state index contributed by atoms with van der Waals surface area (Å²) in [6.07, 6.45) is 7.13. The second-order valence-electron chi connectivity index (χ2n) is 4.01. The predicted octanol–water partition coefficient (Wildman–Crippen LogP) is 2.43. The van der Waals surface area contributed by atoms with Gasteiger partial charge >= 0.3 is 0 Å². The average molecular weight is 183 g/mol. The number of amides is 1. The molecular formula is C11H21NO. The molecule has 0 spiro atoms. The summed E-state index contributed by atoms with van der Waals surface area (Å²) in [7, 11) is 0. The fourth-order valence-electron chi connectivity index (χ4n) is 2.47. The van der Waals surface area contributed by atoms with Crippen molar-refractivity contribution < 1.29 is 4.79 Å². The van der Waals surface area contributed by atoms with E-state index in [0.29, 0.717) is 6.04 Å². The molecule has 0 aliphatic carbocycles. The maximum absolute atomic E-state index is 10.8. The lowest BCUT2D eigenvalue weighted by Gasteiger charge is -2.39. The van der Waals surface area contributed by atoms with Gasteiger partial charge in [0.2, 0.25) is 6.41 Å². The monoisotopic (exact) mass is 183 g/mol. The van der Waals surface area contributed by atoms with Crippen molar-refractivity contribution in [2.75, 3.05) is 6.54 Å². The first-order valence-corrected chi connectivity index (χ1v) is 5.54. The molecule has 1 aliphatic heterocycles. The zero-order valence-corrected chi connectivity index (χ0v) is 8.83. The van der Waals surface area contributed by atoms with E-state index in [1.807, 2.05) is 4.90 Å². The van der Waals surface area contributed by atoms with Gasteiger partial charge in [0.1, 0.15) is 0 Å². The summed E-state index contributed by atoms with van der Waals surface area (Å²) in [4.78, 5) is 12.8. The summed E-state index contributed by atoms with van der Waals surface area (Å²) in [5.74, 6) is 0.749. The van der Waals surface area contributed by atoms with Gasteiger partial charge < -0.3 is 4.90 Å². The summed E-state index contributed by atoms with van der Waals surface area (Å²) in [5, 5.41) is 0.